The number of nitrogens with one attached hydrogen (secondary N) is 1. The van der Waals surface area contributed by atoms with Crippen LogP contribution in [0.3, 0.4) is 0 Å². The summed E-state index contributed by atoms with van der Waals surface area (Å²) < 4.78 is 10.0. The molecule has 7 nitrogen and oxygen atoms in total. The Morgan fingerprint density at radius 1 is 1.27 bits per heavy atom. The van der Waals surface area contributed by atoms with E-state index in [0.29, 0.717) is 29.7 Å². The number of hydrogen-bond donors (Lipinski definition) is 1. The summed E-state index contributed by atoms with van der Waals surface area (Å²) in [4.78, 5) is 39.8. The number of pyridine rings is 1. The van der Waals surface area contributed by atoms with Crippen molar-refractivity contribution in [1.29, 1.82) is 0 Å². The zero-order valence-electron chi connectivity index (χ0n) is 13.2. The Morgan fingerprint density at radius 3 is 2.55 bits per heavy atom. The van der Waals surface area contributed by atoms with Crippen molar-refractivity contribution in [2.45, 2.75) is 39.3 Å². The molecule has 1 amide bonds. The van der Waals surface area contributed by atoms with E-state index in [2.05, 4.69) is 4.98 Å². The highest BCUT2D eigenvalue weighted by molar-refractivity contribution is 5.91. The fraction of sp³-hybridized carbons (Fsp3) is 0.533. The molecule has 1 N–H and O–H groups in total. The van der Waals surface area contributed by atoms with Crippen LogP contribution in [0.25, 0.3) is 0 Å². The number of carbonyl (C=O) groups is 2. The number of esters is 1. The van der Waals surface area contributed by atoms with E-state index in [0.717, 1.165) is 0 Å². The molecule has 0 aliphatic carbocycles. The molecular formula is C15H20N2O5. The van der Waals surface area contributed by atoms with Crippen LogP contribution in [0.1, 0.15) is 42.3 Å². The van der Waals surface area contributed by atoms with Gasteiger partial charge in [0.25, 0.3) is 5.56 Å². The van der Waals surface area contributed by atoms with Crippen LogP contribution >= 0.6 is 0 Å². The molecule has 0 fully saturated rings. The minimum Gasteiger partial charge on any atom is -0.465 e. The maximum Gasteiger partial charge on any atom is 0.410 e. The van der Waals surface area contributed by atoms with Gasteiger partial charge in [-0.3, -0.25) is 4.79 Å². The van der Waals surface area contributed by atoms with Crippen LogP contribution < -0.4 is 5.56 Å². The number of carbonyl (C=O) groups excluding carboxylic acids is 2. The molecule has 0 saturated carbocycles. The van der Waals surface area contributed by atoms with Crippen LogP contribution in [-0.2, 0) is 22.4 Å². The first kappa shape index (κ1) is 16.1. The summed E-state index contributed by atoms with van der Waals surface area (Å²) in [6.07, 6.45) is 1.29. The second kappa shape index (κ2) is 5.82. The number of fused-ring (bicyclic) bond motifs is 1. The molecule has 0 unspecified atom stereocenters. The second-order valence-corrected chi connectivity index (χ2v) is 6.13. The van der Waals surface area contributed by atoms with E-state index in [-0.39, 0.29) is 12.1 Å². The molecule has 0 bridgehead atoms. The molecule has 0 radical (unpaired) electrons. The summed E-state index contributed by atoms with van der Waals surface area (Å²) in [7, 11) is 1.29. The monoisotopic (exact) mass is 308 g/mol. The molecule has 2 rings (SSSR count). The maximum atomic E-state index is 12.1. The van der Waals surface area contributed by atoms with E-state index in [9.17, 15) is 14.4 Å². The molecular weight excluding hydrogens is 288 g/mol. The van der Waals surface area contributed by atoms with Gasteiger partial charge >= 0.3 is 12.1 Å². The van der Waals surface area contributed by atoms with Gasteiger partial charge in [0.05, 0.1) is 19.2 Å². The number of aromatic amines is 1. The van der Waals surface area contributed by atoms with E-state index in [1.165, 1.54) is 18.2 Å². The van der Waals surface area contributed by atoms with Gasteiger partial charge in [-0.05, 0) is 32.8 Å². The quantitative estimate of drug-likeness (QED) is 0.793. The van der Waals surface area contributed by atoms with Crippen LogP contribution in [0, 0.1) is 0 Å². The SMILES string of the molecule is COC(=O)c1c[nH]c(=O)c2c1CCN(C(=O)OC(C)(C)C)C2. The van der Waals surface area contributed by atoms with Crippen molar-refractivity contribution in [1.82, 2.24) is 9.88 Å². The predicted octanol–water partition coefficient (Wildman–Crippen LogP) is 1.45. The average molecular weight is 308 g/mol. The molecule has 1 aliphatic heterocycles. The Hall–Kier alpha value is -2.31. The molecule has 22 heavy (non-hydrogen) atoms. The minimum atomic E-state index is -0.600. The van der Waals surface area contributed by atoms with Crippen molar-refractivity contribution in [3.8, 4) is 0 Å². The lowest BCUT2D eigenvalue weighted by Gasteiger charge is -2.31. The van der Waals surface area contributed by atoms with E-state index < -0.39 is 17.7 Å². The molecule has 0 atom stereocenters. The van der Waals surface area contributed by atoms with Crippen molar-refractivity contribution in [3.63, 3.8) is 0 Å². The van der Waals surface area contributed by atoms with Crippen molar-refractivity contribution in [2.24, 2.45) is 0 Å². The topological polar surface area (TPSA) is 88.7 Å². The third-order valence-corrected chi connectivity index (χ3v) is 3.35. The van der Waals surface area contributed by atoms with E-state index in [1.54, 1.807) is 20.8 Å². The van der Waals surface area contributed by atoms with E-state index in [4.69, 9.17) is 9.47 Å². The first-order valence-electron chi connectivity index (χ1n) is 7.02. The van der Waals surface area contributed by atoms with Crippen molar-refractivity contribution < 1.29 is 19.1 Å². The number of hydrogen-bond acceptors (Lipinski definition) is 5. The summed E-state index contributed by atoms with van der Waals surface area (Å²) in [6, 6.07) is 0. The number of aromatic nitrogens is 1. The largest absolute Gasteiger partial charge is 0.465 e. The summed E-state index contributed by atoms with van der Waals surface area (Å²) >= 11 is 0. The Bertz CT molecular complexity index is 657. The van der Waals surface area contributed by atoms with Gasteiger partial charge in [0.15, 0.2) is 0 Å². The number of methoxy groups -OCH3 is 1. The molecule has 0 saturated heterocycles. The van der Waals surface area contributed by atoms with Crippen LogP contribution in [0.2, 0.25) is 0 Å². The molecule has 0 spiro atoms. The Morgan fingerprint density at radius 2 is 1.95 bits per heavy atom. The van der Waals surface area contributed by atoms with Crippen LogP contribution in [0.15, 0.2) is 11.0 Å². The predicted molar refractivity (Wildman–Crippen MR) is 78.8 cm³/mol. The van der Waals surface area contributed by atoms with Crippen molar-refractivity contribution in [2.75, 3.05) is 13.7 Å². The lowest BCUT2D eigenvalue weighted by atomic mass is 9.97. The summed E-state index contributed by atoms with van der Waals surface area (Å²) in [6.45, 7) is 5.85. The Labute approximate surface area is 128 Å². The number of rotatable bonds is 1. The first-order chi connectivity index (χ1) is 10.2. The van der Waals surface area contributed by atoms with Gasteiger partial charge < -0.3 is 19.4 Å². The van der Waals surface area contributed by atoms with Crippen LogP contribution in [-0.4, -0.2) is 41.2 Å². The molecule has 120 valence electrons. The Balaban J connectivity index is 2.29. The zero-order valence-corrected chi connectivity index (χ0v) is 13.2. The highest BCUT2D eigenvalue weighted by atomic mass is 16.6. The normalized spacial score (nSPS) is 14.3. The standard InChI is InChI=1S/C15H20N2O5/c1-15(2,3)22-14(20)17-6-5-9-10(13(19)21-4)7-16-12(18)11(9)8-17/h7H,5-6,8H2,1-4H3,(H,16,18). The molecule has 2 heterocycles. The van der Waals surface area contributed by atoms with E-state index in [1.807, 2.05) is 0 Å². The fourth-order valence-corrected chi connectivity index (χ4v) is 2.36. The smallest absolute Gasteiger partial charge is 0.410 e. The van der Waals surface area contributed by atoms with Gasteiger partial charge in [-0.2, -0.15) is 0 Å². The number of nitrogens with zero attached hydrogens (tertiary/aromatic N) is 1. The highest BCUT2D eigenvalue weighted by Crippen LogP contribution is 2.21. The van der Waals surface area contributed by atoms with Gasteiger partial charge in [-0.15, -0.1) is 0 Å². The summed E-state index contributed by atoms with van der Waals surface area (Å²) in [5.41, 5.74) is 0.463. The van der Waals surface area contributed by atoms with Crippen molar-refractivity contribution in [3.05, 3.63) is 33.2 Å². The van der Waals surface area contributed by atoms with Crippen LogP contribution in [0.5, 0.6) is 0 Å². The van der Waals surface area contributed by atoms with Gasteiger partial charge in [0, 0.05) is 18.3 Å². The van der Waals surface area contributed by atoms with Crippen LogP contribution in [0.4, 0.5) is 4.79 Å². The van der Waals surface area contributed by atoms with Gasteiger partial charge in [-0.25, -0.2) is 9.59 Å². The van der Waals surface area contributed by atoms with Gasteiger partial charge in [-0.1, -0.05) is 0 Å². The lowest BCUT2D eigenvalue weighted by molar-refractivity contribution is 0.0223. The molecule has 7 heteroatoms. The average Bonchev–Trinajstić information content (AvgIpc) is 2.45. The Kier molecular flexibility index (Phi) is 4.25. The lowest BCUT2D eigenvalue weighted by Crippen LogP contribution is -2.42. The minimum absolute atomic E-state index is 0.115. The summed E-state index contributed by atoms with van der Waals surface area (Å²) in [5, 5.41) is 0. The number of H-pyrrole nitrogens is 1. The third-order valence-electron chi connectivity index (χ3n) is 3.35. The van der Waals surface area contributed by atoms with Gasteiger partial charge in [0.2, 0.25) is 0 Å². The zero-order chi connectivity index (χ0) is 16.5. The summed E-state index contributed by atoms with van der Waals surface area (Å²) in [5.74, 6) is -0.502. The maximum absolute atomic E-state index is 12.1. The number of ether oxygens (including phenoxy) is 2. The molecule has 1 aromatic heterocycles. The van der Waals surface area contributed by atoms with Gasteiger partial charge in [0.1, 0.15) is 5.60 Å². The number of amides is 1. The van der Waals surface area contributed by atoms with E-state index >= 15 is 0 Å². The first-order valence-corrected chi connectivity index (χ1v) is 7.02. The van der Waals surface area contributed by atoms with Crippen molar-refractivity contribution >= 4 is 12.1 Å². The molecule has 0 aromatic carbocycles. The molecule has 1 aliphatic rings. The fourth-order valence-electron chi connectivity index (χ4n) is 2.36. The highest BCUT2D eigenvalue weighted by Gasteiger charge is 2.29. The third kappa shape index (κ3) is 3.29. The second-order valence-electron chi connectivity index (χ2n) is 6.13. The molecule has 1 aromatic rings.